The highest BCUT2D eigenvalue weighted by atomic mass is 16.5. The molecular formula is C14H23NO2. The van der Waals surface area contributed by atoms with Crippen molar-refractivity contribution in [3.8, 4) is 11.5 Å². The van der Waals surface area contributed by atoms with Gasteiger partial charge in [-0.2, -0.15) is 0 Å². The van der Waals surface area contributed by atoms with Crippen molar-refractivity contribution in [2.45, 2.75) is 45.7 Å². The molecule has 0 radical (unpaired) electrons. The van der Waals surface area contributed by atoms with Gasteiger partial charge in [-0.25, -0.2) is 0 Å². The molecule has 0 saturated heterocycles. The average molecular weight is 237 g/mol. The van der Waals surface area contributed by atoms with Gasteiger partial charge in [0.2, 0.25) is 0 Å². The number of rotatable bonds is 7. The van der Waals surface area contributed by atoms with Crippen LogP contribution in [-0.4, -0.2) is 18.3 Å². The van der Waals surface area contributed by atoms with E-state index in [1.165, 1.54) is 19.3 Å². The molecule has 0 spiro atoms. The quantitative estimate of drug-likeness (QED) is 0.765. The van der Waals surface area contributed by atoms with Crippen molar-refractivity contribution in [1.29, 1.82) is 0 Å². The first kappa shape index (κ1) is 13.8. The molecule has 0 aliphatic rings. The summed E-state index contributed by atoms with van der Waals surface area (Å²) in [5.41, 5.74) is 1.08. The zero-order valence-corrected chi connectivity index (χ0v) is 11.0. The normalized spacial score (nSPS) is 12.4. The highest BCUT2D eigenvalue weighted by Crippen LogP contribution is 2.26. The molecule has 1 aromatic rings. The number of ether oxygens (including phenoxy) is 1. The Morgan fingerprint density at radius 3 is 2.76 bits per heavy atom. The number of nitrogens with one attached hydrogen (secondary N) is 1. The summed E-state index contributed by atoms with van der Waals surface area (Å²) in [7, 11) is 1.56. The fraction of sp³-hybridized carbons (Fsp3) is 0.571. The Morgan fingerprint density at radius 2 is 2.18 bits per heavy atom. The van der Waals surface area contributed by atoms with Crippen molar-refractivity contribution in [2.24, 2.45) is 0 Å². The van der Waals surface area contributed by atoms with Crippen LogP contribution in [0.25, 0.3) is 0 Å². The van der Waals surface area contributed by atoms with E-state index >= 15 is 0 Å². The maximum atomic E-state index is 9.65. The lowest BCUT2D eigenvalue weighted by Crippen LogP contribution is -2.25. The number of phenolic OH excluding ortho intramolecular Hbond substituents is 1. The molecule has 0 heterocycles. The van der Waals surface area contributed by atoms with Gasteiger partial charge in [-0.1, -0.05) is 25.8 Å². The molecule has 1 aromatic carbocycles. The predicted octanol–water partition coefficient (Wildman–Crippen LogP) is 3.07. The van der Waals surface area contributed by atoms with Crippen molar-refractivity contribution >= 4 is 0 Å². The van der Waals surface area contributed by atoms with Crippen LogP contribution in [0.3, 0.4) is 0 Å². The van der Waals surface area contributed by atoms with Gasteiger partial charge in [0, 0.05) is 12.6 Å². The standard InChI is InChI=1S/C14H23NO2/c1-4-5-6-11(2)15-10-12-7-8-14(17-3)13(16)9-12/h7-9,11,15-16H,4-6,10H2,1-3H3. The Balaban J connectivity index is 2.44. The second-order valence-corrected chi connectivity index (χ2v) is 4.43. The van der Waals surface area contributed by atoms with Gasteiger partial charge >= 0.3 is 0 Å². The Labute approximate surface area is 104 Å². The zero-order chi connectivity index (χ0) is 12.7. The van der Waals surface area contributed by atoms with E-state index in [-0.39, 0.29) is 5.75 Å². The lowest BCUT2D eigenvalue weighted by atomic mass is 10.1. The third-order valence-corrected chi connectivity index (χ3v) is 2.89. The molecule has 17 heavy (non-hydrogen) atoms. The van der Waals surface area contributed by atoms with E-state index in [0.717, 1.165) is 12.1 Å². The third kappa shape index (κ3) is 4.65. The molecule has 1 rings (SSSR count). The second kappa shape index (κ2) is 7.17. The Hall–Kier alpha value is -1.22. The van der Waals surface area contributed by atoms with E-state index in [2.05, 4.69) is 19.2 Å². The Kier molecular flexibility index (Phi) is 5.84. The average Bonchev–Trinajstić information content (AvgIpc) is 2.34. The van der Waals surface area contributed by atoms with Crippen LogP contribution in [0, 0.1) is 0 Å². The first-order valence-corrected chi connectivity index (χ1v) is 6.26. The molecule has 3 heteroatoms. The summed E-state index contributed by atoms with van der Waals surface area (Å²) in [5, 5.41) is 13.1. The molecule has 0 bridgehead atoms. The van der Waals surface area contributed by atoms with Crippen molar-refractivity contribution in [3.05, 3.63) is 23.8 Å². The monoisotopic (exact) mass is 237 g/mol. The number of benzene rings is 1. The minimum atomic E-state index is 0.202. The van der Waals surface area contributed by atoms with Crippen molar-refractivity contribution in [1.82, 2.24) is 5.32 Å². The minimum Gasteiger partial charge on any atom is -0.504 e. The number of phenols is 1. The van der Waals surface area contributed by atoms with E-state index < -0.39 is 0 Å². The summed E-state index contributed by atoms with van der Waals surface area (Å²) in [6, 6.07) is 6.03. The molecule has 0 fully saturated rings. The largest absolute Gasteiger partial charge is 0.504 e. The highest BCUT2D eigenvalue weighted by Gasteiger charge is 2.04. The SMILES string of the molecule is CCCCC(C)NCc1ccc(OC)c(O)c1. The summed E-state index contributed by atoms with van der Waals surface area (Å²) < 4.78 is 5.01. The molecular weight excluding hydrogens is 214 g/mol. The smallest absolute Gasteiger partial charge is 0.160 e. The third-order valence-electron chi connectivity index (χ3n) is 2.89. The molecule has 96 valence electrons. The van der Waals surface area contributed by atoms with Gasteiger partial charge in [-0.3, -0.25) is 0 Å². The van der Waals surface area contributed by atoms with E-state index in [4.69, 9.17) is 4.74 Å². The summed E-state index contributed by atoms with van der Waals surface area (Å²) >= 11 is 0. The number of hydrogen-bond donors (Lipinski definition) is 2. The van der Waals surface area contributed by atoms with Crippen LogP contribution in [0.5, 0.6) is 11.5 Å². The van der Waals surface area contributed by atoms with Crippen LogP contribution in [0.1, 0.15) is 38.7 Å². The maximum Gasteiger partial charge on any atom is 0.160 e. The summed E-state index contributed by atoms with van der Waals surface area (Å²) in [6.45, 7) is 5.18. The van der Waals surface area contributed by atoms with E-state index in [1.54, 1.807) is 19.2 Å². The van der Waals surface area contributed by atoms with Crippen LogP contribution in [0.4, 0.5) is 0 Å². The highest BCUT2D eigenvalue weighted by molar-refractivity contribution is 5.41. The molecule has 0 saturated carbocycles. The van der Waals surface area contributed by atoms with Gasteiger partial charge in [-0.05, 0) is 31.0 Å². The van der Waals surface area contributed by atoms with Gasteiger partial charge < -0.3 is 15.2 Å². The Bertz CT molecular complexity index is 339. The molecule has 0 amide bonds. The van der Waals surface area contributed by atoms with Gasteiger partial charge in [0.05, 0.1) is 7.11 Å². The lowest BCUT2D eigenvalue weighted by Gasteiger charge is -2.13. The molecule has 2 N–H and O–H groups in total. The van der Waals surface area contributed by atoms with Gasteiger partial charge in [0.1, 0.15) is 0 Å². The van der Waals surface area contributed by atoms with Crippen LogP contribution in [0.15, 0.2) is 18.2 Å². The fourth-order valence-electron chi connectivity index (χ4n) is 1.75. The molecule has 3 nitrogen and oxygen atoms in total. The first-order chi connectivity index (χ1) is 8.17. The van der Waals surface area contributed by atoms with Crippen LogP contribution >= 0.6 is 0 Å². The van der Waals surface area contributed by atoms with Crippen LogP contribution < -0.4 is 10.1 Å². The number of aromatic hydroxyl groups is 1. The summed E-state index contributed by atoms with van der Waals surface area (Å²) in [5.74, 6) is 0.723. The molecule has 1 unspecified atom stereocenters. The van der Waals surface area contributed by atoms with Crippen molar-refractivity contribution in [2.75, 3.05) is 7.11 Å². The van der Waals surface area contributed by atoms with Crippen molar-refractivity contribution < 1.29 is 9.84 Å². The maximum absolute atomic E-state index is 9.65. The van der Waals surface area contributed by atoms with Gasteiger partial charge in [-0.15, -0.1) is 0 Å². The van der Waals surface area contributed by atoms with E-state index in [9.17, 15) is 5.11 Å². The molecule has 0 aliphatic heterocycles. The van der Waals surface area contributed by atoms with Gasteiger partial charge in [0.15, 0.2) is 11.5 Å². The van der Waals surface area contributed by atoms with Crippen LogP contribution in [-0.2, 0) is 6.54 Å². The summed E-state index contributed by atoms with van der Waals surface area (Å²) in [4.78, 5) is 0. The minimum absolute atomic E-state index is 0.202. The number of hydrogen-bond acceptors (Lipinski definition) is 3. The van der Waals surface area contributed by atoms with E-state index in [0.29, 0.717) is 11.8 Å². The number of methoxy groups -OCH3 is 1. The second-order valence-electron chi connectivity index (χ2n) is 4.43. The fourth-order valence-corrected chi connectivity index (χ4v) is 1.75. The lowest BCUT2D eigenvalue weighted by molar-refractivity contribution is 0.372. The topological polar surface area (TPSA) is 41.5 Å². The molecule has 1 atom stereocenters. The Morgan fingerprint density at radius 1 is 1.41 bits per heavy atom. The molecule has 0 aliphatic carbocycles. The van der Waals surface area contributed by atoms with E-state index in [1.807, 2.05) is 6.07 Å². The first-order valence-electron chi connectivity index (χ1n) is 6.26. The zero-order valence-electron chi connectivity index (χ0n) is 11.0. The van der Waals surface area contributed by atoms with Crippen LogP contribution in [0.2, 0.25) is 0 Å². The number of unbranched alkanes of at least 4 members (excludes halogenated alkanes) is 1. The molecule has 0 aromatic heterocycles. The van der Waals surface area contributed by atoms with Gasteiger partial charge in [0.25, 0.3) is 0 Å². The predicted molar refractivity (Wildman–Crippen MR) is 70.5 cm³/mol. The summed E-state index contributed by atoms with van der Waals surface area (Å²) in [6.07, 6.45) is 3.68. The van der Waals surface area contributed by atoms with Crippen molar-refractivity contribution in [3.63, 3.8) is 0 Å².